The molecule has 1 atom stereocenters. The Hall–Kier alpha value is -1.56. The van der Waals surface area contributed by atoms with Crippen molar-refractivity contribution >= 4 is 29.1 Å². The third-order valence-corrected chi connectivity index (χ3v) is 5.74. The molecule has 1 aromatic heterocycles. The summed E-state index contributed by atoms with van der Waals surface area (Å²) in [6.07, 6.45) is 0.977. The van der Waals surface area contributed by atoms with Crippen molar-refractivity contribution in [3.63, 3.8) is 0 Å². The molecule has 3 rings (SSSR count). The van der Waals surface area contributed by atoms with E-state index in [1.807, 2.05) is 30.0 Å². The summed E-state index contributed by atoms with van der Waals surface area (Å²) < 4.78 is 4.94. The Morgan fingerprint density at radius 1 is 1.23 bits per heavy atom. The van der Waals surface area contributed by atoms with E-state index in [-0.39, 0.29) is 17.2 Å². The van der Waals surface area contributed by atoms with Crippen LogP contribution < -0.4 is 0 Å². The standard InChI is InChI=1S/C19H23Cl2N3O2/c1-13-15(19(21)26-22-13)7-8-18(25)24-11-9-23(10-12-24)14(2)16-5-3-4-6-17(16)20/h3-6,14H,7-12H2,1-2H3. The van der Waals surface area contributed by atoms with E-state index in [1.54, 1.807) is 0 Å². The van der Waals surface area contributed by atoms with Crippen molar-refractivity contribution in [2.75, 3.05) is 26.2 Å². The van der Waals surface area contributed by atoms with Gasteiger partial charge >= 0.3 is 0 Å². The molecule has 0 spiro atoms. The third-order valence-electron chi connectivity index (χ3n) is 5.10. The second kappa shape index (κ2) is 8.42. The number of nitrogens with zero attached hydrogens (tertiary/aromatic N) is 3. The van der Waals surface area contributed by atoms with Crippen molar-refractivity contribution in [1.82, 2.24) is 15.0 Å². The molecule has 1 fully saturated rings. The van der Waals surface area contributed by atoms with Gasteiger partial charge in [-0.1, -0.05) is 35.0 Å². The van der Waals surface area contributed by atoms with E-state index in [2.05, 4.69) is 23.0 Å². The smallest absolute Gasteiger partial charge is 0.229 e. The highest BCUT2D eigenvalue weighted by molar-refractivity contribution is 6.31. The fourth-order valence-corrected chi connectivity index (χ4v) is 3.96. The lowest BCUT2D eigenvalue weighted by Gasteiger charge is -2.38. The van der Waals surface area contributed by atoms with Gasteiger partial charge in [-0.25, -0.2) is 0 Å². The van der Waals surface area contributed by atoms with Gasteiger partial charge in [-0.05, 0) is 43.5 Å². The van der Waals surface area contributed by atoms with E-state index in [0.717, 1.165) is 48.0 Å². The van der Waals surface area contributed by atoms with E-state index >= 15 is 0 Å². The van der Waals surface area contributed by atoms with Gasteiger partial charge in [-0.2, -0.15) is 0 Å². The van der Waals surface area contributed by atoms with Crippen LogP contribution in [0.5, 0.6) is 0 Å². The Morgan fingerprint density at radius 3 is 2.54 bits per heavy atom. The van der Waals surface area contributed by atoms with Gasteiger partial charge in [0.05, 0.1) is 5.69 Å². The lowest BCUT2D eigenvalue weighted by Crippen LogP contribution is -2.49. The van der Waals surface area contributed by atoms with E-state index < -0.39 is 0 Å². The minimum atomic E-state index is 0.145. The molecule has 1 unspecified atom stereocenters. The summed E-state index contributed by atoms with van der Waals surface area (Å²) in [5, 5.41) is 4.90. The molecular weight excluding hydrogens is 373 g/mol. The molecule has 1 aromatic carbocycles. The molecule has 140 valence electrons. The normalized spacial score (nSPS) is 16.7. The molecule has 1 aliphatic heterocycles. The number of benzene rings is 1. The minimum Gasteiger partial charge on any atom is -0.344 e. The predicted molar refractivity (Wildman–Crippen MR) is 103 cm³/mol. The highest BCUT2D eigenvalue weighted by atomic mass is 35.5. The van der Waals surface area contributed by atoms with Gasteiger partial charge < -0.3 is 9.42 Å². The molecule has 5 nitrogen and oxygen atoms in total. The third kappa shape index (κ3) is 4.22. The zero-order chi connectivity index (χ0) is 18.7. The Morgan fingerprint density at radius 2 is 1.92 bits per heavy atom. The first-order valence-electron chi connectivity index (χ1n) is 8.84. The van der Waals surface area contributed by atoms with Crippen LogP contribution in [0.3, 0.4) is 0 Å². The summed E-state index contributed by atoms with van der Waals surface area (Å²) in [7, 11) is 0. The van der Waals surface area contributed by atoms with Gasteiger partial charge in [0.15, 0.2) is 0 Å². The molecule has 1 aliphatic rings. The van der Waals surface area contributed by atoms with Crippen LogP contribution in [0.25, 0.3) is 0 Å². The zero-order valence-electron chi connectivity index (χ0n) is 15.0. The van der Waals surface area contributed by atoms with Gasteiger partial charge in [-0.15, -0.1) is 0 Å². The monoisotopic (exact) mass is 395 g/mol. The van der Waals surface area contributed by atoms with Crippen LogP contribution in [0, 0.1) is 6.92 Å². The number of piperazine rings is 1. The molecule has 1 amide bonds. The van der Waals surface area contributed by atoms with Crippen LogP contribution in [0.4, 0.5) is 0 Å². The summed E-state index contributed by atoms with van der Waals surface area (Å²) >= 11 is 12.3. The largest absolute Gasteiger partial charge is 0.344 e. The van der Waals surface area contributed by atoms with Crippen molar-refractivity contribution in [3.8, 4) is 0 Å². The Kier molecular flexibility index (Phi) is 6.22. The summed E-state index contributed by atoms with van der Waals surface area (Å²) in [5.41, 5.74) is 2.71. The van der Waals surface area contributed by atoms with Crippen molar-refractivity contribution in [2.24, 2.45) is 0 Å². The minimum absolute atomic E-state index is 0.145. The summed E-state index contributed by atoms with van der Waals surface area (Å²) in [5.74, 6) is 0.145. The fourth-order valence-electron chi connectivity index (χ4n) is 3.40. The van der Waals surface area contributed by atoms with Crippen LogP contribution in [0.1, 0.15) is 36.2 Å². The maximum atomic E-state index is 12.5. The number of hydrogen-bond acceptors (Lipinski definition) is 4. The van der Waals surface area contributed by atoms with Crippen molar-refractivity contribution < 1.29 is 9.32 Å². The average Bonchev–Trinajstić information content (AvgIpc) is 2.97. The molecule has 26 heavy (non-hydrogen) atoms. The average molecular weight is 396 g/mol. The zero-order valence-corrected chi connectivity index (χ0v) is 16.6. The van der Waals surface area contributed by atoms with Crippen LogP contribution in [0.2, 0.25) is 10.2 Å². The number of halogens is 2. The number of aryl methyl sites for hydroxylation is 1. The topological polar surface area (TPSA) is 49.6 Å². The maximum Gasteiger partial charge on any atom is 0.229 e. The molecular formula is C19H23Cl2N3O2. The number of rotatable bonds is 5. The number of carbonyl (C=O) groups is 1. The maximum absolute atomic E-state index is 12.5. The first kappa shape index (κ1) is 19.2. The van der Waals surface area contributed by atoms with Gasteiger partial charge in [0, 0.05) is 49.2 Å². The van der Waals surface area contributed by atoms with Crippen molar-refractivity contribution in [1.29, 1.82) is 0 Å². The summed E-state index contributed by atoms with van der Waals surface area (Å²) in [4.78, 5) is 16.8. The van der Waals surface area contributed by atoms with Gasteiger partial charge in [-0.3, -0.25) is 9.69 Å². The summed E-state index contributed by atoms with van der Waals surface area (Å²) in [6.45, 7) is 7.13. The molecule has 1 saturated heterocycles. The molecule has 7 heteroatoms. The number of hydrogen-bond donors (Lipinski definition) is 0. The first-order valence-corrected chi connectivity index (χ1v) is 9.60. The van der Waals surface area contributed by atoms with E-state index in [9.17, 15) is 4.79 Å². The SMILES string of the molecule is Cc1noc(Cl)c1CCC(=O)N1CCN(C(C)c2ccccc2Cl)CC1. The molecule has 0 N–H and O–H groups in total. The Labute approximate surface area is 163 Å². The first-order chi connectivity index (χ1) is 12.5. The van der Waals surface area contributed by atoms with Crippen molar-refractivity contribution in [2.45, 2.75) is 32.7 Å². The number of carbonyl (C=O) groups excluding carboxylic acids is 1. The van der Waals surface area contributed by atoms with Gasteiger partial charge in [0.25, 0.3) is 0 Å². The van der Waals surface area contributed by atoms with E-state index in [0.29, 0.717) is 12.8 Å². The highest BCUT2D eigenvalue weighted by Gasteiger charge is 2.25. The van der Waals surface area contributed by atoms with Gasteiger partial charge in [0.2, 0.25) is 11.1 Å². The fraction of sp³-hybridized carbons (Fsp3) is 0.474. The molecule has 0 aliphatic carbocycles. The number of amides is 1. The van der Waals surface area contributed by atoms with Crippen molar-refractivity contribution in [3.05, 3.63) is 51.3 Å². The number of aromatic nitrogens is 1. The van der Waals surface area contributed by atoms with Crippen LogP contribution >= 0.6 is 23.2 Å². The predicted octanol–water partition coefficient (Wildman–Crippen LogP) is 4.13. The Bertz CT molecular complexity index is 750. The lowest BCUT2D eigenvalue weighted by molar-refractivity contribution is -0.133. The summed E-state index contributed by atoms with van der Waals surface area (Å²) in [6, 6.07) is 8.17. The lowest BCUT2D eigenvalue weighted by atomic mass is 10.1. The van der Waals surface area contributed by atoms with Gasteiger partial charge in [0.1, 0.15) is 0 Å². The second-order valence-electron chi connectivity index (χ2n) is 6.63. The quantitative estimate of drug-likeness (QED) is 0.763. The highest BCUT2D eigenvalue weighted by Crippen LogP contribution is 2.28. The van der Waals surface area contributed by atoms with E-state index in [4.69, 9.17) is 27.7 Å². The Balaban J connectivity index is 1.52. The molecule has 0 bridgehead atoms. The van der Waals surface area contributed by atoms with Crippen LogP contribution in [0.15, 0.2) is 28.8 Å². The molecule has 0 saturated carbocycles. The molecule has 2 aromatic rings. The van der Waals surface area contributed by atoms with E-state index in [1.165, 1.54) is 0 Å². The second-order valence-corrected chi connectivity index (χ2v) is 7.38. The molecule has 2 heterocycles. The van der Waals surface area contributed by atoms with Crippen LogP contribution in [-0.4, -0.2) is 47.0 Å². The molecule has 0 radical (unpaired) electrons. The van der Waals surface area contributed by atoms with Crippen LogP contribution in [-0.2, 0) is 11.2 Å².